The van der Waals surface area contributed by atoms with E-state index >= 15 is 0 Å². The molecule has 1 amide bonds. The number of hydrogen-bond acceptors (Lipinski definition) is 4. The predicted octanol–water partition coefficient (Wildman–Crippen LogP) is 2.45. The SMILES string of the molecule is O=C(NCCn1nc(C2CC2)ccc1=O)c1ccccc1OC(F)(F)F. The van der Waals surface area contributed by atoms with Crippen LogP contribution in [0.2, 0.25) is 0 Å². The second-order valence-electron chi connectivity index (χ2n) is 5.89. The first-order valence-corrected chi connectivity index (χ1v) is 8.04. The molecule has 0 saturated heterocycles. The summed E-state index contributed by atoms with van der Waals surface area (Å²) in [5.41, 5.74) is 0.293. The molecule has 0 radical (unpaired) electrons. The first-order chi connectivity index (χ1) is 12.3. The molecule has 0 bridgehead atoms. The molecule has 1 saturated carbocycles. The number of aromatic nitrogens is 2. The van der Waals surface area contributed by atoms with Crippen molar-refractivity contribution in [3.63, 3.8) is 0 Å². The maximum Gasteiger partial charge on any atom is 0.573 e. The highest BCUT2D eigenvalue weighted by molar-refractivity contribution is 5.96. The van der Waals surface area contributed by atoms with Gasteiger partial charge in [0.2, 0.25) is 0 Å². The Morgan fingerprint density at radius 2 is 1.96 bits per heavy atom. The summed E-state index contributed by atoms with van der Waals surface area (Å²) in [6.07, 6.45) is -2.81. The van der Waals surface area contributed by atoms with E-state index in [1.54, 1.807) is 6.07 Å². The molecule has 0 spiro atoms. The molecule has 2 aromatic rings. The van der Waals surface area contributed by atoms with Gasteiger partial charge in [0, 0.05) is 18.5 Å². The molecule has 1 aliphatic carbocycles. The number of rotatable bonds is 6. The van der Waals surface area contributed by atoms with Crippen molar-refractivity contribution < 1.29 is 22.7 Å². The lowest BCUT2D eigenvalue weighted by atomic mass is 10.2. The Morgan fingerprint density at radius 1 is 1.23 bits per heavy atom. The third-order valence-corrected chi connectivity index (χ3v) is 3.85. The van der Waals surface area contributed by atoms with Crippen LogP contribution in [-0.4, -0.2) is 28.6 Å². The lowest BCUT2D eigenvalue weighted by molar-refractivity contribution is -0.274. The molecule has 0 aliphatic heterocycles. The number of ether oxygens (including phenoxy) is 1. The van der Waals surface area contributed by atoms with Crippen molar-refractivity contribution in [3.05, 3.63) is 58.0 Å². The molecule has 0 unspecified atom stereocenters. The minimum absolute atomic E-state index is 0.0419. The number of halogens is 3. The minimum Gasteiger partial charge on any atom is -0.405 e. The molecule has 6 nitrogen and oxygen atoms in total. The number of hydrogen-bond donors (Lipinski definition) is 1. The second-order valence-corrected chi connectivity index (χ2v) is 5.89. The van der Waals surface area contributed by atoms with Crippen LogP contribution >= 0.6 is 0 Å². The second kappa shape index (κ2) is 7.19. The number of alkyl halides is 3. The fraction of sp³-hybridized carbons (Fsp3) is 0.353. The summed E-state index contributed by atoms with van der Waals surface area (Å²) < 4.78 is 42.3. The van der Waals surface area contributed by atoms with Gasteiger partial charge in [-0.05, 0) is 31.0 Å². The van der Waals surface area contributed by atoms with Crippen molar-refractivity contribution >= 4 is 5.91 Å². The van der Waals surface area contributed by atoms with E-state index in [4.69, 9.17) is 0 Å². The van der Waals surface area contributed by atoms with Gasteiger partial charge < -0.3 is 10.1 Å². The number of para-hydroxylation sites is 1. The van der Waals surface area contributed by atoms with E-state index in [9.17, 15) is 22.8 Å². The standard InChI is InChI=1S/C17H16F3N3O3/c18-17(19,20)26-14-4-2-1-3-12(14)16(25)21-9-10-23-15(24)8-7-13(22-23)11-5-6-11/h1-4,7-8,11H,5-6,9-10H2,(H,21,25). The van der Waals surface area contributed by atoms with E-state index in [-0.39, 0.29) is 24.2 Å². The van der Waals surface area contributed by atoms with E-state index in [0.717, 1.165) is 24.6 Å². The summed E-state index contributed by atoms with van der Waals surface area (Å²) in [5.74, 6) is -0.928. The first-order valence-electron chi connectivity index (χ1n) is 8.04. The van der Waals surface area contributed by atoms with Crippen LogP contribution in [0.25, 0.3) is 0 Å². The fourth-order valence-electron chi connectivity index (χ4n) is 2.46. The summed E-state index contributed by atoms with van der Waals surface area (Å²) in [4.78, 5) is 24.0. The quantitative estimate of drug-likeness (QED) is 0.851. The van der Waals surface area contributed by atoms with Crippen molar-refractivity contribution in [1.82, 2.24) is 15.1 Å². The number of nitrogens with zero attached hydrogens (tertiary/aromatic N) is 2. The number of carbonyl (C=O) groups is 1. The summed E-state index contributed by atoms with van der Waals surface area (Å²) in [6.45, 7) is 0.160. The topological polar surface area (TPSA) is 73.2 Å². The number of carbonyl (C=O) groups excluding carboxylic acids is 1. The van der Waals surface area contributed by atoms with Crippen LogP contribution in [0.1, 0.15) is 34.8 Å². The largest absolute Gasteiger partial charge is 0.573 e. The molecule has 1 N–H and O–H groups in total. The number of nitrogens with one attached hydrogen (secondary N) is 1. The Hall–Kier alpha value is -2.84. The zero-order valence-electron chi connectivity index (χ0n) is 13.6. The van der Waals surface area contributed by atoms with Gasteiger partial charge in [0.25, 0.3) is 11.5 Å². The zero-order chi connectivity index (χ0) is 18.7. The molecule has 1 aromatic heterocycles. The van der Waals surface area contributed by atoms with Crippen molar-refractivity contribution in [2.45, 2.75) is 31.7 Å². The smallest absolute Gasteiger partial charge is 0.405 e. The van der Waals surface area contributed by atoms with E-state index in [0.29, 0.717) is 5.92 Å². The predicted molar refractivity (Wildman–Crippen MR) is 85.9 cm³/mol. The third kappa shape index (κ3) is 4.62. The normalized spacial score (nSPS) is 14.1. The van der Waals surface area contributed by atoms with Gasteiger partial charge in [0.05, 0.1) is 17.8 Å². The van der Waals surface area contributed by atoms with Gasteiger partial charge in [-0.2, -0.15) is 5.10 Å². The molecule has 1 fully saturated rings. The Kier molecular flexibility index (Phi) is 4.97. The van der Waals surface area contributed by atoms with Gasteiger partial charge >= 0.3 is 6.36 Å². The maximum absolute atomic E-state index is 12.4. The van der Waals surface area contributed by atoms with Crippen molar-refractivity contribution in [1.29, 1.82) is 0 Å². The highest BCUT2D eigenvalue weighted by atomic mass is 19.4. The van der Waals surface area contributed by atoms with E-state index in [1.165, 1.54) is 28.9 Å². The zero-order valence-corrected chi connectivity index (χ0v) is 13.6. The summed E-state index contributed by atoms with van der Waals surface area (Å²) in [6, 6.07) is 8.19. The monoisotopic (exact) mass is 367 g/mol. The van der Waals surface area contributed by atoms with Gasteiger partial charge in [-0.15, -0.1) is 13.2 Å². The van der Waals surface area contributed by atoms with Crippen LogP contribution in [0.3, 0.4) is 0 Å². The average Bonchev–Trinajstić information content (AvgIpc) is 3.40. The molecular formula is C17H16F3N3O3. The van der Waals surface area contributed by atoms with Crippen LogP contribution in [-0.2, 0) is 6.54 Å². The van der Waals surface area contributed by atoms with Crippen LogP contribution < -0.4 is 15.6 Å². The van der Waals surface area contributed by atoms with Gasteiger partial charge in [-0.3, -0.25) is 9.59 Å². The van der Waals surface area contributed by atoms with Gasteiger partial charge in [-0.1, -0.05) is 12.1 Å². The summed E-state index contributed by atoms with van der Waals surface area (Å²) >= 11 is 0. The number of amides is 1. The highest BCUT2D eigenvalue weighted by Gasteiger charge is 2.32. The van der Waals surface area contributed by atoms with E-state index < -0.39 is 18.0 Å². The molecule has 138 valence electrons. The lowest BCUT2D eigenvalue weighted by Gasteiger charge is -2.13. The number of benzene rings is 1. The summed E-state index contributed by atoms with van der Waals surface area (Å²) in [5, 5.41) is 6.73. The van der Waals surface area contributed by atoms with Gasteiger partial charge in [-0.25, -0.2) is 4.68 Å². The Balaban J connectivity index is 1.63. The van der Waals surface area contributed by atoms with Crippen LogP contribution in [0.5, 0.6) is 5.75 Å². The van der Waals surface area contributed by atoms with Gasteiger partial charge in [0.15, 0.2) is 0 Å². The molecule has 26 heavy (non-hydrogen) atoms. The van der Waals surface area contributed by atoms with Crippen molar-refractivity contribution in [2.24, 2.45) is 0 Å². The van der Waals surface area contributed by atoms with E-state index in [2.05, 4.69) is 15.2 Å². The molecule has 9 heteroatoms. The Morgan fingerprint density at radius 3 is 2.65 bits per heavy atom. The Bertz CT molecular complexity index is 860. The van der Waals surface area contributed by atoms with Crippen molar-refractivity contribution in [3.8, 4) is 5.75 Å². The Labute approximate surface area is 146 Å². The van der Waals surface area contributed by atoms with Crippen molar-refractivity contribution in [2.75, 3.05) is 6.54 Å². The molecule has 3 rings (SSSR count). The molecule has 1 aliphatic rings. The molecule has 0 atom stereocenters. The fourth-order valence-corrected chi connectivity index (χ4v) is 2.46. The average molecular weight is 367 g/mol. The first kappa shape index (κ1) is 18.0. The maximum atomic E-state index is 12.4. The lowest BCUT2D eigenvalue weighted by Crippen LogP contribution is -2.32. The van der Waals surface area contributed by atoms with Crippen LogP contribution in [0.4, 0.5) is 13.2 Å². The molecule has 1 aromatic carbocycles. The van der Waals surface area contributed by atoms with Gasteiger partial charge in [0.1, 0.15) is 5.75 Å². The van der Waals surface area contributed by atoms with E-state index in [1.807, 2.05) is 0 Å². The molecule has 1 heterocycles. The van der Waals surface area contributed by atoms with Crippen LogP contribution in [0.15, 0.2) is 41.2 Å². The summed E-state index contributed by atoms with van der Waals surface area (Å²) in [7, 11) is 0. The molecular weight excluding hydrogens is 351 g/mol. The third-order valence-electron chi connectivity index (χ3n) is 3.85. The minimum atomic E-state index is -4.89. The van der Waals surface area contributed by atoms with Crippen LogP contribution in [0, 0.1) is 0 Å². The highest BCUT2D eigenvalue weighted by Crippen LogP contribution is 2.38.